The molecule has 0 aliphatic rings. The van der Waals surface area contributed by atoms with Gasteiger partial charge in [-0.1, -0.05) is 30.3 Å². The number of nitrogens with zero attached hydrogens (tertiary/aromatic N) is 2. The van der Waals surface area contributed by atoms with Crippen LogP contribution >= 0.6 is 0 Å². The van der Waals surface area contributed by atoms with Crippen LogP contribution in [-0.4, -0.2) is 15.5 Å². The summed E-state index contributed by atoms with van der Waals surface area (Å²) in [5.74, 6) is -0.0603. The third kappa shape index (κ3) is 3.23. The van der Waals surface area contributed by atoms with Crippen LogP contribution in [0.2, 0.25) is 0 Å². The van der Waals surface area contributed by atoms with Crippen LogP contribution in [0, 0.1) is 6.92 Å². The quantitative estimate of drug-likeness (QED) is 0.803. The molecule has 0 atom stereocenters. The van der Waals surface area contributed by atoms with Gasteiger partial charge in [0.05, 0.1) is 12.0 Å². The second kappa shape index (κ2) is 6.26. The molecule has 0 aliphatic carbocycles. The molecule has 3 aromatic rings. The molecule has 0 unspecified atom stereocenters. The van der Waals surface area contributed by atoms with E-state index in [0.29, 0.717) is 12.1 Å². The first kappa shape index (κ1) is 14.1. The van der Waals surface area contributed by atoms with Crippen molar-refractivity contribution in [2.75, 3.05) is 0 Å². The fourth-order valence-electron chi connectivity index (χ4n) is 2.22. The summed E-state index contributed by atoms with van der Waals surface area (Å²) >= 11 is 0. The van der Waals surface area contributed by atoms with Gasteiger partial charge < -0.3 is 9.88 Å². The maximum atomic E-state index is 12.0. The fraction of sp³-hybridized carbons (Fsp3) is 0.111. The molecule has 0 radical (unpaired) electrons. The Morgan fingerprint density at radius 1 is 1.09 bits per heavy atom. The predicted molar refractivity (Wildman–Crippen MR) is 85.9 cm³/mol. The minimum Gasteiger partial charge on any atom is -0.348 e. The van der Waals surface area contributed by atoms with Gasteiger partial charge in [-0.05, 0) is 36.8 Å². The van der Waals surface area contributed by atoms with Crippen molar-refractivity contribution < 1.29 is 4.79 Å². The number of hydrogen-bond donors (Lipinski definition) is 1. The number of carbonyl (C=O) groups is 1. The summed E-state index contributed by atoms with van der Waals surface area (Å²) in [5.41, 5.74) is 3.77. The van der Waals surface area contributed by atoms with Crippen molar-refractivity contribution in [1.82, 2.24) is 14.9 Å². The second-order valence-corrected chi connectivity index (χ2v) is 5.14. The average molecular weight is 291 g/mol. The Balaban J connectivity index is 1.63. The summed E-state index contributed by atoms with van der Waals surface area (Å²) in [6.07, 6.45) is 3.77. The van der Waals surface area contributed by atoms with Gasteiger partial charge in [0.25, 0.3) is 5.91 Å². The second-order valence-electron chi connectivity index (χ2n) is 5.14. The van der Waals surface area contributed by atoms with E-state index in [0.717, 1.165) is 16.9 Å². The zero-order valence-corrected chi connectivity index (χ0v) is 12.4. The van der Waals surface area contributed by atoms with Crippen molar-refractivity contribution in [2.45, 2.75) is 13.5 Å². The Kier molecular flexibility index (Phi) is 4.01. The van der Waals surface area contributed by atoms with E-state index in [-0.39, 0.29) is 5.91 Å². The van der Waals surface area contributed by atoms with E-state index >= 15 is 0 Å². The lowest BCUT2D eigenvalue weighted by Crippen LogP contribution is -2.22. The summed E-state index contributed by atoms with van der Waals surface area (Å²) < 4.78 is 1.97. The van der Waals surface area contributed by atoms with E-state index in [2.05, 4.69) is 10.3 Å². The van der Waals surface area contributed by atoms with Crippen LogP contribution in [0.25, 0.3) is 5.69 Å². The number of nitrogens with one attached hydrogen (secondary N) is 1. The Bertz CT molecular complexity index is 761. The van der Waals surface area contributed by atoms with Gasteiger partial charge in [0.1, 0.15) is 0 Å². The monoisotopic (exact) mass is 291 g/mol. The van der Waals surface area contributed by atoms with Gasteiger partial charge in [-0.25, -0.2) is 4.98 Å². The molecule has 0 fully saturated rings. The zero-order valence-electron chi connectivity index (χ0n) is 12.4. The van der Waals surface area contributed by atoms with Gasteiger partial charge in [-0.15, -0.1) is 0 Å². The van der Waals surface area contributed by atoms with Crippen molar-refractivity contribution in [3.05, 3.63) is 83.9 Å². The molecule has 110 valence electrons. The molecular formula is C18H17N3O. The molecule has 0 aliphatic heterocycles. The van der Waals surface area contributed by atoms with Crippen LogP contribution in [0.3, 0.4) is 0 Å². The molecule has 1 amide bonds. The zero-order chi connectivity index (χ0) is 15.4. The molecule has 22 heavy (non-hydrogen) atoms. The van der Waals surface area contributed by atoms with E-state index < -0.39 is 0 Å². The van der Waals surface area contributed by atoms with Crippen LogP contribution in [0.4, 0.5) is 0 Å². The number of aromatic nitrogens is 2. The number of carbonyl (C=O) groups excluding carboxylic acids is 1. The predicted octanol–water partition coefficient (Wildman–Crippen LogP) is 3.11. The summed E-state index contributed by atoms with van der Waals surface area (Å²) in [6.45, 7) is 2.47. The minimum absolute atomic E-state index is 0.0603. The Morgan fingerprint density at radius 3 is 2.45 bits per heavy atom. The smallest absolute Gasteiger partial charge is 0.251 e. The van der Waals surface area contributed by atoms with Gasteiger partial charge in [-0.3, -0.25) is 4.79 Å². The standard InChI is InChI=1S/C18H17N3O/c1-14-12-21(13-20-14)17-9-7-15(8-10-17)11-19-18(22)16-5-3-2-4-6-16/h2-10,12-13H,11H2,1H3,(H,19,22). The van der Waals surface area contributed by atoms with Gasteiger partial charge in [-0.2, -0.15) is 0 Å². The number of rotatable bonds is 4. The normalized spacial score (nSPS) is 10.4. The maximum absolute atomic E-state index is 12.0. The fourth-order valence-corrected chi connectivity index (χ4v) is 2.22. The highest BCUT2D eigenvalue weighted by Crippen LogP contribution is 2.10. The van der Waals surface area contributed by atoms with E-state index in [4.69, 9.17) is 0 Å². The molecule has 1 aromatic heterocycles. The first-order chi connectivity index (χ1) is 10.7. The highest BCUT2D eigenvalue weighted by molar-refractivity contribution is 5.94. The largest absolute Gasteiger partial charge is 0.348 e. The average Bonchev–Trinajstić information content (AvgIpc) is 3.00. The van der Waals surface area contributed by atoms with Gasteiger partial charge in [0.15, 0.2) is 0 Å². The number of hydrogen-bond acceptors (Lipinski definition) is 2. The number of aryl methyl sites for hydroxylation is 1. The van der Waals surface area contributed by atoms with Gasteiger partial charge >= 0.3 is 0 Å². The first-order valence-electron chi connectivity index (χ1n) is 7.15. The van der Waals surface area contributed by atoms with E-state index in [1.54, 1.807) is 18.5 Å². The third-order valence-electron chi connectivity index (χ3n) is 3.44. The molecule has 0 saturated heterocycles. The van der Waals surface area contributed by atoms with Crippen molar-refractivity contribution in [2.24, 2.45) is 0 Å². The lowest BCUT2D eigenvalue weighted by atomic mass is 10.2. The number of amides is 1. The Morgan fingerprint density at radius 2 is 1.82 bits per heavy atom. The molecule has 4 heteroatoms. The number of imidazole rings is 1. The topological polar surface area (TPSA) is 46.9 Å². The number of benzene rings is 2. The van der Waals surface area contributed by atoms with Crippen LogP contribution in [-0.2, 0) is 6.54 Å². The van der Waals surface area contributed by atoms with Crippen LogP contribution in [0.5, 0.6) is 0 Å². The first-order valence-corrected chi connectivity index (χ1v) is 7.15. The van der Waals surface area contributed by atoms with Crippen molar-refractivity contribution in [3.63, 3.8) is 0 Å². The van der Waals surface area contributed by atoms with Crippen LogP contribution in [0.1, 0.15) is 21.6 Å². The molecular weight excluding hydrogens is 274 g/mol. The molecule has 1 heterocycles. The maximum Gasteiger partial charge on any atom is 0.251 e. The lowest BCUT2D eigenvalue weighted by Gasteiger charge is -2.07. The van der Waals surface area contributed by atoms with E-state index in [9.17, 15) is 4.79 Å². The third-order valence-corrected chi connectivity index (χ3v) is 3.44. The summed E-state index contributed by atoms with van der Waals surface area (Å²) in [5, 5.41) is 2.92. The summed E-state index contributed by atoms with van der Waals surface area (Å²) in [6, 6.07) is 17.3. The Hall–Kier alpha value is -2.88. The SMILES string of the molecule is Cc1cn(-c2ccc(CNC(=O)c3ccccc3)cc2)cn1. The molecule has 1 N–H and O–H groups in total. The summed E-state index contributed by atoms with van der Waals surface area (Å²) in [7, 11) is 0. The van der Waals surface area contributed by atoms with Crippen LogP contribution in [0.15, 0.2) is 67.1 Å². The Labute approximate surface area is 129 Å². The van der Waals surface area contributed by atoms with Crippen molar-refractivity contribution in [1.29, 1.82) is 0 Å². The molecule has 2 aromatic carbocycles. The molecule has 3 rings (SSSR count). The molecule has 0 spiro atoms. The molecule has 0 saturated carbocycles. The highest BCUT2D eigenvalue weighted by atomic mass is 16.1. The van der Waals surface area contributed by atoms with Gasteiger partial charge in [0, 0.05) is 24.0 Å². The molecule has 0 bridgehead atoms. The van der Waals surface area contributed by atoms with Crippen LogP contribution < -0.4 is 5.32 Å². The van der Waals surface area contributed by atoms with E-state index in [1.165, 1.54) is 0 Å². The van der Waals surface area contributed by atoms with Crippen molar-refractivity contribution >= 4 is 5.91 Å². The van der Waals surface area contributed by atoms with Crippen molar-refractivity contribution in [3.8, 4) is 5.69 Å². The van der Waals surface area contributed by atoms with Gasteiger partial charge in [0.2, 0.25) is 0 Å². The highest BCUT2D eigenvalue weighted by Gasteiger charge is 2.04. The summed E-state index contributed by atoms with van der Waals surface area (Å²) in [4.78, 5) is 16.2. The minimum atomic E-state index is -0.0603. The lowest BCUT2D eigenvalue weighted by molar-refractivity contribution is 0.0951. The van der Waals surface area contributed by atoms with E-state index in [1.807, 2.05) is 60.2 Å². The molecule has 4 nitrogen and oxygen atoms in total.